The second-order valence-electron chi connectivity index (χ2n) is 7.12. The third kappa shape index (κ3) is 2.66. The zero-order valence-corrected chi connectivity index (χ0v) is 14.0. The fourth-order valence-electron chi connectivity index (χ4n) is 3.92. The van der Waals surface area contributed by atoms with Gasteiger partial charge in [-0.05, 0) is 42.9 Å². The molecule has 2 bridgehead atoms. The number of fused-ring (bicyclic) bond motifs is 4. The van der Waals surface area contributed by atoms with Gasteiger partial charge in [0.15, 0.2) is 5.69 Å². The molecule has 0 spiro atoms. The van der Waals surface area contributed by atoms with Gasteiger partial charge in [-0.15, -0.1) is 0 Å². The van der Waals surface area contributed by atoms with Gasteiger partial charge < -0.3 is 16.2 Å². The standard InChI is InChI=1S/C18H19FN4O3/c19-12-3-1-10(2-4-12)8-21-15(25)13-14(24)16(26)23-9-11-5-6-18(20,7-11)17(23)22-13/h1-4,11,24H,5-9,20H2,(H,21,25). The van der Waals surface area contributed by atoms with Crippen molar-refractivity contribution in [2.45, 2.75) is 37.9 Å². The number of aromatic hydroxyl groups is 1. The van der Waals surface area contributed by atoms with E-state index in [4.69, 9.17) is 5.73 Å². The summed E-state index contributed by atoms with van der Waals surface area (Å²) in [6.07, 6.45) is 2.32. The summed E-state index contributed by atoms with van der Waals surface area (Å²) in [6.45, 7) is 0.583. The highest BCUT2D eigenvalue weighted by Gasteiger charge is 2.45. The number of aromatic nitrogens is 2. The molecule has 1 aliphatic carbocycles. The lowest BCUT2D eigenvalue weighted by Gasteiger charge is -2.31. The Morgan fingerprint density at radius 3 is 2.88 bits per heavy atom. The minimum atomic E-state index is -0.734. The fraction of sp³-hybridized carbons (Fsp3) is 0.389. The largest absolute Gasteiger partial charge is 0.501 e. The Kier molecular flexibility index (Phi) is 3.80. The van der Waals surface area contributed by atoms with Crippen LogP contribution in [0.25, 0.3) is 0 Å². The van der Waals surface area contributed by atoms with Crippen molar-refractivity contribution >= 4 is 5.91 Å². The smallest absolute Gasteiger partial charge is 0.296 e. The molecule has 2 aromatic rings. The molecule has 0 radical (unpaired) electrons. The molecule has 1 saturated carbocycles. The van der Waals surface area contributed by atoms with E-state index in [2.05, 4.69) is 10.3 Å². The Morgan fingerprint density at radius 2 is 2.15 bits per heavy atom. The summed E-state index contributed by atoms with van der Waals surface area (Å²) < 4.78 is 14.3. The fourth-order valence-corrected chi connectivity index (χ4v) is 3.92. The first-order valence-corrected chi connectivity index (χ1v) is 8.53. The van der Waals surface area contributed by atoms with Crippen molar-refractivity contribution in [1.29, 1.82) is 0 Å². The Bertz CT molecular complexity index is 941. The van der Waals surface area contributed by atoms with Crippen LogP contribution in [0, 0.1) is 11.7 Å². The second kappa shape index (κ2) is 5.91. The van der Waals surface area contributed by atoms with Crippen molar-refractivity contribution < 1.29 is 14.3 Å². The van der Waals surface area contributed by atoms with Gasteiger partial charge in [0.25, 0.3) is 11.5 Å². The molecule has 2 aliphatic rings. The first kappa shape index (κ1) is 16.7. The van der Waals surface area contributed by atoms with E-state index < -0.39 is 22.8 Å². The number of hydrogen-bond acceptors (Lipinski definition) is 5. The number of rotatable bonds is 3. The molecule has 0 saturated heterocycles. The van der Waals surface area contributed by atoms with Gasteiger partial charge in [0, 0.05) is 13.1 Å². The van der Waals surface area contributed by atoms with E-state index in [1.165, 1.54) is 28.8 Å². The molecule has 1 amide bonds. The topological polar surface area (TPSA) is 110 Å². The van der Waals surface area contributed by atoms with E-state index in [0.717, 1.165) is 12.8 Å². The second-order valence-corrected chi connectivity index (χ2v) is 7.12. The highest BCUT2D eigenvalue weighted by Crippen LogP contribution is 2.43. The average molecular weight is 358 g/mol. The zero-order valence-electron chi connectivity index (χ0n) is 14.0. The van der Waals surface area contributed by atoms with Crippen LogP contribution < -0.4 is 16.6 Å². The number of nitrogens with one attached hydrogen (secondary N) is 1. The maximum absolute atomic E-state index is 12.9. The van der Waals surface area contributed by atoms with Crippen molar-refractivity contribution in [3.63, 3.8) is 0 Å². The summed E-state index contributed by atoms with van der Waals surface area (Å²) in [5.74, 6) is -1.05. The van der Waals surface area contributed by atoms with Gasteiger partial charge in [-0.1, -0.05) is 12.1 Å². The van der Waals surface area contributed by atoms with Gasteiger partial charge in [-0.2, -0.15) is 0 Å². The highest BCUT2D eigenvalue weighted by molar-refractivity contribution is 5.94. The third-order valence-corrected chi connectivity index (χ3v) is 5.26. The predicted octanol–water partition coefficient (Wildman–Crippen LogP) is 0.986. The monoisotopic (exact) mass is 358 g/mol. The lowest BCUT2D eigenvalue weighted by atomic mass is 9.92. The Labute approximate surface area is 148 Å². The number of nitrogens with two attached hydrogens (primary N) is 1. The van der Waals surface area contributed by atoms with E-state index in [0.29, 0.717) is 30.3 Å². The first-order chi connectivity index (χ1) is 12.4. The van der Waals surface area contributed by atoms with E-state index in [-0.39, 0.29) is 18.1 Å². The van der Waals surface area contributed by atoms with Gasteiger partial charge >= 0.3 is 0 Å². The van der Waals surface area contributed by atoms with Crippen molar-refractivity contribution in [3.8, 4) is 5.75 Å². The van der Waals surface area contributed by atoms with Crippen molar-refractivity contribution in [1.82, 2.24) is 14.9 Å². The molecule has 136 valence electrons. The van der Waals surface area contributed by atoms with Crippen LogP contribution in [0.4, 0.5) is 4.39 Å². The normalized spacial score (nSPS) is 23.5. The number of carbonyl (C=O) groups excluding carboxylic acids is 1. The quantitative estimate of drug-likeness (QED) is 0.758. The SMILES string of the molecule is NC12CCC(Cn3c1nc(C(=O)NCc1ccc(F)cc1)c(O)c3=O)C2. The number of nitrogens with zero attached hydrogens (tertiary/aromatic N) is 2. The molecular formula is C18H19FN4O3. The van der Waals surface area contributed by atoms with Gasteiger partial charge in [-0.3, -0.25) is 14.2 Å². The van der Waals surface area contributed by atoms with Crippen LogP contribution in [0.2, 0.25) is 0 Å². The molecule has 2 unspecified atom stereocenters. The van der Waals surface area contributed by atoms with Crippen LogP contribution in [0.15, 0.2) is 29.1 Å². The first-order valence-electron chi connectivity index (χ1n) is 8.53. The molecule has 7 nitrogen and oxygen atoms in total. The van der Waals surface area contributed by atoms with Crippen molar-refractivity contribution in [3.05, 3.63) is 57.5 Å². The summed E-state index contributed by atoms with van der Waals surface area (Å²) in [5.41, 5.74) is 5.40. The number of amides is 1. The van der Waals surface area contributed by atoms with Crippen LogP contribution in [0.3, 0.4) is 0 Å². The molecule has 2 heterocycles. The van der Waals surface area contributed by atoms with E-state index in [1.807, 2.05) is 0 Å². The Balaban J connectivity index is 1.63. The van der Waals surface area contributed by atoms with Crippen LogP contribution in [0.1, 0.15) is 41.1 Å². The van der Waals surface area contributed by atoms with Crippen LogP contribution in [-0.2, 0) is 18.6 Å². The Hall–Kier alpha value is -2.74. The van der Waals surface area contributed by atoms with Gasteiger partial charge in [-0.25, -0.2) is 9.37 Å². The maximum Gasteiger partial charge on any atom is 0.296 e. The van der Waals surface area contributed by atoms with Crippen LogP contribution >= 0.6 is 0 Å². The van der Waals surface area contributed by atoms with Gasteiger partial charge in [0.05, 0.1) is 5.54 Å². The van der Waals surface area contributed by atoms with Crippen LogP contribution in [-0.4, -0.2) is 20.6 Å². The zero-order chi connectivity index (χ0) is 18.5. The molecule has 8 heteroatoms. The van der Waals surface area contributed by atoms with Gasteiger partial charge in [0.2, 0.25) is 5.75 Å². The summed E-state index contributed by atoms with van der Waals surface area (Å²) in [5, 5.41) is 12.8. The molecule has 4 N–H and O–H groups in total. The maximum atomic E-state index is 12.9. The molecule has 2 atom stereocenters. The summed E-state index contributed by atoms with van der Waals surface area (Å²) in [4.78, 5) is 29.2. The van der Waals surface area contributed by atoms with E-state index >= 15 is 0 Å². The van der Waals surface area contributed by atoms with Crippen molar-refractivity contribution in [2.24, 2.45) is 11.7 Å². The van der Waals surface area contributed by atoms with E-state index in [1.54, 1.807) is 0 Å². The molecule has 1 aliphatic heterocycles. The average Bonchev–Trinajstić information content (AvgIpc) is 2.94. The third-order valence-electron chi connectivity index (χ3n) is 5.26. The molecule has 4 rings (SSSR count). The predicted molar refractivity (Wildman–Crippen MR) is 90.9 cm³/mol. The number of halogens is 1. The number of carbonyl (C=O) groups is 1. The molecule has 1 fully saturated rings. The summed E-state index contributed by atoms with van der Waals surface area (Å²) >= 11 is 0. The van der Waals surface area contributed by atoms with Gasteiger partial charge in [0.1, 0.15) is 11.6 Å². The molecule has 1 aromatic heterocycles. The highest BCUT2D eigenvalue weighted by atomic mass is 19.1. The minimum absolute atomic E-state index is 0.120. The minimum Gasteiger partial charge on any atom is -0.501 e. The molecule has 26 heavy (non-hydrogen) atoms. The van der Waals surface area contributed by atoms with Crippen molar-refractivity contribution in [2.75, 3.05) is 0 Å². The number of benzene rings is 1. The molecular weight excluding hydrogens is 339 g/mol. The van der Waals surface area contributed by atoms with Crippen LogP contribution in [0.5, 0.6) is 5.75 Å². The molecule has 1 aromatic carbocycles. The Morgan fingerprint density at radius 1 is 1.42 bits per heavy atom. The summed E-state index contributed by atoms with van der Waals surface area (Å²) in [7, 11) is 0. The summed E-state index contributed by atoms with van der Waals surface area (Å²) in [6, 6.07) is 5.66. The lowest BCUT2D eigenvalue weighted by molar-refractivity contribution is 0.0940. The van der Waals surface area contributed by atoms with E-state index in [9.17, 15) is 19.1 Å². The number of hydrogen-bond donors (Lipinski definition) is 3. The lowest BCUT2D eigenvalue weighted by Crippen LogP contribution is -2.46.